The van der Waals surface area contributed by atoms with Crippen LogP contribution in [0.25, 0.3) is 0 Å². The molecule has 0 aliphatic heterocycles. The summed E-state index contributed by atoms with van der Waals surface area (Å²) in [6, 6.07) is 13.7. The summed E-state index contributed by atoms with van der Waals surface area (Å²) in [6.45, 7) is 5.55. The molecule has 0 aliphatic rings. The Kier molecular flexibility index (Phi) is 6.99. The third kappa shape index (κ3) is 6.25. The highest BCUT2D eigenvalue weighted by Crippen LogP contribution is 2.29. The molecule has 2 aromatic rings. The van der Waals surface area contributed by atoms with Crippen LogP contribution in [0.3, 0.4) is 0 Å². The molecule has 0 saturated carbocycles. The summed E-state index contributed by atoms with van der Waals surface area (Å²) in [7, 11) is -0.00462. The first kappa shape index (κ1) is 22.8. The Hall–Kier alpha value is -2.49. The van der Waals surface area contributed by atoms with E-state index in [4.69, 9.17) is 0 Å². The van der Waals surface area contributed by atoms with Crippen molar-refractivity contribution < 1.29 is 13.3 Å². The van der Waals surface area contributed by atoms with E-state index in [2.05, 4.69) is 10.0 Å². The smallest absolute Gasteiger partial charge is 0.293 e. The van der Waals surface area contributed by atoms with Crippen molar-refractivity contribution in [2.45, 2.75) is 37.2 Å². The summed E-state index contributed by atoms with van der Waals surface area (Å²) >= 11 is 0. The minimum atomic E-state index is -3.87. The molecular weight excluding hydrogens is 392 g/mol. The van der Waals surface area contributed by atoms with E-state index in [-0.39, 0.29) is 22.3 Å². The summed E-state index contributed by atoms with van der Waals surface area (Å²) < 4.78 is 27.5. The van der Waals surface area contributed by atoms with Gasteiger partial charge in [0.25, 0.3) is 5.69 Å². The number of sulfonamides is 1. The first-order valence-corrected chi connectivity index (χ1v) is 10.7. The largest absolute Gasteiger partial charge is 0.378 e. The molecule has 0 fully saturated rings. The Morgan fingerprint density at radius 3 is 2.24 bits per heavy atom. The lowest BCUT2D eigenvalue weighted by Gasteiger charge is -2.25. The van der Waals surface area contributed by atoms with Crippen LogP contribution in [0.4, 0.5) is 11.4 Å². The van der Waals surface area contributed by atoms with Crippen molar-refractivity contribution in [3.05, 3.63) is 64.2 Å². The normalized spacial score (nSPS) is 13.3. The fourth-order valence-electron chi connectivity index (χ4n) is 2.92. The zero-order valence-electron chi connectivity index (χ0n) is 17.3. The summed E-state index contributed by atoms with van der Waals surface area (Å²) in [4.78, 5) is 12.9. The van der Waals surface area contributed by atoms with Crippen LogP contribution in [0.1, 0.15) is 32.4 Å². The second kappa shape index (κ2) is 8.89. The van der Waals surface area contributed by atoms with Crippen molar-refractivity contribution in [2.75, 3.05) is 26.0 Å². The third-order valence-corrected chi connectivity index (χ3v) is 5.97. The molecule has 0 radical (unpaired) electrons. The summed E-state index contributed by atoms with van der Waals surface area (Å²) in [5, 5.41) is 14.7. The predicted molar refractivity (Wildman–Crippen MR) is 115 cm³/mol. The fourth-order valence-corrected chi connectivity index (χ4v) is 4.36. The first-order valence-electron chi connectivity index (χ1n) is 9.18. The molecule has 0 spiro atoms. The Morgan fingerprint density at radius 1 is 1.10 bits per heavy atom. The average Bonchev–Trinajstić information content (AvgIpc) is 2.60. The summed E-state index contributed by atoms with van der Waals surface area (Å²) in [5.41, 5.74) is 0.361. The molecule has 158 valence electrons. The van der Waals surface area contributed by atoms with Crippen LogP contribution < -0.4 is 10.0 Å². The van der Waals surface area contributed by atoms with Crippen molar-refractivity contribution in [2.24, 2.45) is 0 Å². The molecule has 2 N–H and O–H groups in total. The number of nitro benzene ring substituents is 1. The Bertz CT molecular complexity index is 954. The Balaban J connectivity index is 2.30. The van der Waals surface area contributed by atoms with Crippen LogP contribution in [0.15, 0.2) is 53.4 Å². The molecular formula is C20H28N4O4S. The van der Waals surface area contributed by atoms with Crippen LogP contribution in [0.5, 0.6) is 0 Å². The van der Waals surface area contributed by atoms with Gasteiger partial charge in [-0.3, -0.25) is 10.1 Å². The molecule has 0 saturated heterocycles. The van der Waals surface area contributed by atoms with Crippen molar-refractivity contribution in [3.63, 3.8) is 0 Å². The van der Waals surface area contributed by atoms with Crippen LogP contribution in [-0.4, -0.2) is 44.4 Å². The SMILES string of the molecule is CN(C)[C@@H](CNc1ccc(S(=O)(=O)NC(C)(C)C)cc1[N+](=O)[O-])c1ccccc1. The highest BCUT2D eigenvalue weighted by molar-refractivity contribution is 7.89. The molecule has 29 heavy (non-hydrogen) atoms. The maximum absolute atomic E-state index is 12.5. The van der Waals surface area contributed by atoms with E-state index < -0.39 is 20.5 Å². The highest BCUT2D eigenvalue weighted by Gasteiger charge is 2.26. The molecule has 0 amide bonds. The van der Waals surface area contributed by atoms with Crippen LogP contribution >= 0.6 is 0 Å². The lowest BCUT2D eigenvalue weighted by atomic mass is 10.1. The molecule has 0 aromatic heterocycles. The number of nitrogens with one attached hydrogen (secondary N) is 2. The van der Waals surface area contributed by atoms with Gasteiger partial charge >= 0.3 is 0 Å². The van der Waals surface area contributed by atoms with Gasteiger partial charge in [-0.25, -0.2) is 13.1 Å². The van der Waals surface area contributed by atoms with Gasteiger partial charge in [0.1, 0.15) is 5.69 Å². The number of hydrogen-bond donors (Lipinski definition) is 2. The first-order chi connectivity index (χ1) is 13.4. The zero-order chi connectivity index (χ0) is 21.8. The van der Waals surface area contributed by atoms with Crippen LogP contribution in [-0.2, 0) is 10.0 Å². The Morgan fingerprint density at radius 2 is 1.72 bits per heavy atom. The topological polar surface area (TPSA) is 105 Å². The van der Waals surface area contributed by atoms with E-state index in [0.717, 1.165) is 11.6 Å². The summed E-state index contributed by atoms with van der Waals surface area (Å²) in [5.74, 6) is 0. The van der Waals surface area contributed by atoms with Crippen molar-refractivity contribution in [3.8, 4) is 0 Å². The van der Waals surface area contributed by atoms with E-state index in [1.54, 1.807) is 20.8 Å². The quantitative estimate of drug-likeness (QED) is 0.501. The highest BCUT2D eigenvalue weighted by atomic mass is 32.2. The number of nitrogens with zero attached hydrogens (tertiary/aromatic N) is 2. The number of anilines is 1. The van der Waals surface area contributed by atoms with Crippen LogP contribution in [0, 0.1) is 10.1 Å². The van der Waals surface area contributed by atoms with Gasteiger partial charge in [-0.1, -0.05) is 30.3 Å². The molecule has 2 aromatic carbocycles. The van der Waals surface area contributed by atoms with E-state index in [9.17, 15) is 18.5 Å². The lowest BCUT2D eigenvalue weighted by molar-refractivity contribution is -0.384. The molecule has 9 heteroatoms. The summed E-state index contributed by atoms with van der Waals surface area (Å²) in [6.07, 6.45) is 0. The standard InChI is InChI=1S/C20H28N4O4S/c1-20(2,3)22-29(27,28)16-11-12-17(18(13-16)24(25)26)21-14-19(23(4)5)15-9-7-6-8-10-15/h6-13,19,21-22H,14H2,1-5H3/t19-/m0/s1. The zero-order valence-corrected chi connectivity index (χ0v) is 18.2. The van der Waals surface area contributed by atoms with E-state index in [1.165, 1.54) is 12.1 Å². The van der Waals surface area contributed by atoms with E-state index in [1.807, 2.05) is 49.3 Å². The lowest BCUT2D eigenvalue weighted by Crippen LogP contribution is -2.40. The number of rotatable bonds is 8. The molecule has 8 nitrogen and oxygen atoms in total. The van der Waals surface area contributed by atoms with Crippen molar-refractivity contribution >= 4 is 21.4 Å². The second-order valence-electron chi connectivity index (χ2n) is 8.06. The van der Waals surface area contributed by atoms with Gasteiger partial charge in [-0.15, -0.1) is 0 Å². The third-order valence-electron chi connectivity index (χ3n) is 4.21. The van der Waals surface area contributed by atoms with Gasteiger partial charge in [-0.2, -0.15) is 0 Å². The van der Waals surface area contributed by atoms with Gasteiger partial charge in [0.2, 0.25) is 10.0 Å². The fraction of sp³-hybridized carbons (Fsp3) is 0.400. The van der Waals surface area contributed by atoms with E-state index >= 15 is 0 Å². The molecule has 1 atom stereocenters. The molecule has 0 bridgehead atoms. The van der Waals surface area contributed by atoms with Gasteiger partial charge in [0, 0.05) is 18.2 Å². The minimum Gasteiger partial charge on any atom is -0.378 e. The second-order valence-corrected chi connectivity index (χ2v) is 9.74. The number of benzene rings is 2. The van der Waals surface area contributed by atoms with Crippen molar-refractivity contribution in [1.29, 1.82) is 0 Å². The van der Waals surface area contributed by atoms with Gasteiger partial charge in [0.15, 0.2) is 0 Å². The molecule has 0 unspecified atom stereocenters. The number of hydrogen-bond acceptors (Lipinski definition) is 6. The minimum absolute atomic E-state index is 0.0122. The maximum atomic E-state index is 12.5. The Labute approximate surface area is 172 Å². The van der Waals surface area contributed by atoms with E-state index in [0.29, 0.717) is 6.54 Å². The molecule has 0 heterocycles. The monoisotopic (exact) mass is 420 g/mol. The van der Waals surface area contributed by atoms with Gasteiger partial charge in [-0.05, 0) is 52.6 Å². The maximum Gasteiger partial charge on any atom is 0.293 e. The number of likely N-dealkylation sites (N-methyl/N-ethyl adjacent to an activating group) is 1. The van der Waals surface area contributed by atoms with Crippen molar-refractivity contribution in [1.82, 2.24) is 9.62 Å². The molecule has 0 aliphatic carbocycles. The predicted octanol–water partition coefficient (Wildman–Crippen LogP) is 3.39. The van der Waals surface area contributed by atoms with Crippen LogP contribution in [0.2, 0.25) is 0 Å². The number of nitro groups is 1. The average molecular weight is 421 g/mol. The van der Waals surface area contributed by atoms with Gasteiger partial charge < -0.3 is 10.2 Å². The molecule has 2 rings (SSSR count). The van der Waals surface area contributed by atoms with Gasteiger partial charge in [0.05, 0.1) is 15.9 Å².